The summed E-state index contributed by atoms with van der Waals surface area (Å²) >= 11 is 0. The molecule has 158 valence electrons. The van der Waals surface area contributed by atoms with Gasteiger partial charge in [-0.05, 0) is 61.8 Å². The molecule has 1 amide bonds. The fourth-order valence-electron chi connectivity index (χ4n) is 4.07. The van der Waals surface area contributed by atoms with E-state index in [9.17, 15) is 4.79 Å². The Morgan fingerprint density at radius 1 is 1.34 bits per heavy atom. The summed E-state index contributed by atoms with van der Waals surface area (Å²) in [6.45, 7) is 9.74. The molecule has 2 unspecified atom stereocenters. The van der Waals surface area contributed by atoms with Crippen molar-refractivity contribution in [3.63, 3.8) is 0 Å². The lowest BCUT2D eigenvalue weighted by Gasteiger charge is -2.38. The Balaban J connectivity index is 1.88. The van der Waals surface area contributed by atoms with Crippen LogP contribution in [0.5, 0.6) is 5.75 Å². The molecule has 5 nitrogen and oxygen atoms in total. The van der Waals surface area contributed by atoms with Crippen molar-refractivity contribution < 1.29 is 14.3 Å². The maximum atomic E-state index is 13.4. The van der Waals surface area contributed by atoms with Crippen LogP contribution in [-0.2, 0) is 9.53 Å². The maximum absolute atomic E-state index is 13.4. The molecule has 5 heteroatoms. The normalized spacial score (nSPS) is 22.0. The van der Waals surface area contributed by atoms with Crippen molar-refractivity contribution in [1.82, 2.24) is 4.98 Å². The summed E-state index contributed by atoms with van der Waals surface area (Å²) in [6, 6.07) is 7.67. The highest BCUT2D eigenvalue weighted by atomic mass is 16.5. The molecule has 2 aromatic rings. The Labute approximate surface area is 174 Å². The van der Waals surface area contributed by atoms with Gasteiger partial charge in [-0.25, -0.2) is 0 Å². The molecule has 1 saturated carbocycles. The number of carbonyl (C=O) groups excluding carboxylic acids is 1. The van der Waals surface area contributed by atoms with E-state index in [1.165, 1.54) is 0 Å². The predicted molar refractivity (Wildman–Crippen MR) is 117 cm³/mol. The number of hydrogen-bond acceptors (Lipinski definition) is 4. The average Bonchev–Trinajstić information content (AvgIpc) is 2.71. The molecule has 2 atom stereocenters. The zero-order valence-electron chi connectivity index (χ0n) is 18.2. The molecule has 0 bridgehead atoms. The molecule has 0 spiro atoms. The fraction of sp³-hybridized carbons (Fsp3) is 0.583. The first-order valence-corrected chi connectivity index (χ1v) is 10.9. The molecule has 1 aromatic carbocycles. The first-order chi connectivity index (χ1) is 13.9. The average molecular weight is 399 g/mol. The van der Waals surface area contributed by atoms with E-state index in [-0.39, 0.29) is 5.91 Å². The van der Waals surface area contributed by atoms with E-state index in [0.29, 0.717) is 25.0 Å². The number of amides is 1. The Bertz CT molecular complexity index is 836. The number of aromatic nitrogens is 1. The van der Waals surface area contributed by atoms with Crippen LogP contribution in [-0.4, -0.2) is 29.7 Å². The summed E-state index contributed by atoms with van der Waals surface area (Å²) in [4.78, 5) is 17.9. The summed E-state index contributed by atoms with van der Waals surface area (Å²) in [5.41, 5.74) is 0.786. The standard InChI is InChI=1S/C24H34N2O3/c1-5-14-29-24(12-6-8-18(4)15-24)23(27)26-20-10-11-21(28-16-17(2)3)22-19(20)9-7-13-25-22/h7,9-11,13,17-18H,5-6,8,12,14-16H2,1-4H3,(H,26,27). The summed E-state index contributed by atoms with van der Waals surface area (Å²) in [7, 11) is 0. The van der Waals surface area contributed by atoms with Crippen LogP contribution in [0.3, 0.4) is 0 Å². The van der Waals surface area contributed by atoms with Gasteiger partial charge in [0.25, 0.3) is 5.91 Å². The van der Waals surface area contributed by atoms with Gasteiger partial charge >= 0.3 is 0 Å². The summed E-state index contributed by atoms with van der Waals surface area (Å²) in [5.74, 6) is 1.61. The number of rotatable bonds is 8. The van der Waals surface area contributed by atoms with Crippen molar-refractivity contribution in [1.29, 1.82) is 0 Å². The molecule has 1 fully saturated rings. The molecule has 1 aliphatic carbocycles. The van der Waals surface area contributed by atoms with E-state index in [2.05, 4.69) is 38.0 Å². The highest BCUT2D eigenvalue weighted by Crippen LogP contribution is 2.37. The van der Waals surface area contributed by atoms with Gasteiger partial charge in [0.15, 0.2) is 0 Å². The zero-order chi connectivity index (χ0) is 20.9. The number of nitrogens with zero attached hydrogens (tertiary/aromatic N) is 1. The van der Waals surface area contributed by atoms with Gasteiger partial charge in [-0.2, -0.15) is 0 Å². The van der Waals surface area contributed by atoms with E-state index >= 15 is 0 Å². The van der Waals surface area contributed by atoms with Crippen molar-refractivity contribution >= 4 is 22.5 Å². The van der Waals surface area contributed by atoms with Crippen molar-refractivity contribution in [2.24, 2.45) is 11.8 Å². The molecule has 3 rings (SSSR count). The molecule has 1 aromatic heterocycles. The van der Waals surface area contributed by atoms with Crippen LogP contribution in [0.2, 0.25) is 0 Å². The quantitative estimate of drug-likeness (QED) is 0.630. The monoisotopic (exact) mass is 398 g/mol. The summed E-state index contributed by atoms with van der Waals surface area (Å²) in [5, 5.41) is 4.04. The first kappa shape index (κ1) is 21.6. The van der Waals surface area contributed by atoms with E-state index in [1.807, 2.05) is 24.3 Å². The summed E-state index contributed by atoms with van der Waals surface area (Å²) in [6.07, 6.45) is 6.37. The van der Waals surface area contributed by atoms with Gasteiger partial charge in [0.1, 0.15) is 16.9 Å². The number of ether oxygens (including phenoxy) is 2. The smallest absolute Gasteiger partial charge is 0.256 e. The number of hydrogen-bond donors (Lipinski definition) is 1. The molecule has 0 aliphatic heterocycles. The maximum Gasteiger partial charge on any atom is 0.256 e. The molecular formula is C24H34N2O3. The third-order valence-corrected chi connectivity index (χ3v) is 5.51. The fourth-order valence-corrected chi connectivity index (χ4v) is 4.07. The molecular weight excluding hydrogens is 364 g/mol. The van der Waals surface area contributed by atoms with Gasteiger partial charge in [-0.1, -0.05) is 34.1 Å². The summed E-state index contributed by atoms with van der Waals surface area (Å²) < 4.78 is 12.1. The minimum atomic E-state index is -0.741. The molecule has 1 heterocycles. The number of anilines is 1. The number of carbonyl (C=O) groups is 1. The Morgan fingerprint density at radius 2 is 2.17 bits per heavy atom. The third-order valence-electron chi connectivity index (χ3n) is 5.51. The molecule has 1 aliphatic rings. The molecule has 0 saturated heterocycles. The lowest BCUT2D eigenvalue weighted by atomic mass is 9.78. The van der Waals surface area contributed by atoms with Crippen LogP contribution in [0.1, 0.15) is 59.8 Å². The van der Waals surface area contributed by atoms with Crippen molar-refractivity contribution in [2.75, 3.05) is 18.5 Å². The van der Waals surface area contributed by atoms with Gasteiger partial charge < -0.3 is 14.8 Å². The van der Waals surface area contributed by atoms with Crippen LogP contribution < -0.4 is 10.1 Å². The van der Waals surface area contributed by atoms with Crippen LogP contribution in [0.4, 0.5) is 5.69 Å². The van der Waals surface area contributed by atoms with Crippen LogP contribution >= 0.6 is 0 Å². The minimum Gasteiger partial charge on any atom is -0.491 e. The van der Waals surface area contributed by atoms with Gasteiger partial charge in [-0.3, -0.25) is 9.78 Å². The largest absolute Gasteiger partial charge is 0.491 e. The van der Waals surface area contributed by atoms with Crippen molar-refractivity contribution in [2.45, 2.75) is 65.4 Å². The van der Waals surface area contributed by atoms with Crippen molar-refractivity contribution in [3.8, 4) is 5.75 Å². The lowest BCUT2D eigenvalue weighted by Crippen LogP contribution is -2.48. The molecule has 29 heavy (non-hydrogen) atoms. The second-order valence-corrected chi connectivity index (χ2v) is 8.71. The van der Waals surface area contributed by atoms with E-state index in [1.54, 1.807) is 6.20 Å². The highest BCUT2D eigenvalue weighted by Gasteiger charge is 2.42. The van der Waals surface area contributed by atoms with E-state index in [0.717, 1.165) is 54.4 Å². The highest BCUT2D eigenvalue weighted by molar-refractivity contribution is 6.05. The Morgan fingerprint density at radius 3 is 2.90 bits per heavy atom. The number of fused-ring (bicyclic) bond motifs is 1. The van der Waals surface area contributed by atoms with Crippen LogP contribution in [0, 0.1) is 11.8 Å². The predicted octanol–water partition coefficient (Wildman–Crippen LogP) is 5.58. The van der Waals surface area contributed by atoms with Crippen LogP contribution in [0.25, 0.3) is 10.9 Å². The van der Waals surface area contributed by atoms with Gasteiger partial charge in [0.2, 0.25) is 0 Å². The third kappa shape index (κ3) is 5.08. The SMILES string of the molecule is CCCOC1(C(=O)Nc2ccc(OCC(C)C)c3ncccc23)CCCC(C)C1. The zero-order valence-corrected chi connectivity index (χ0v) is 18.2. The van der Waals surface area contributed by atoms with Crippen LogP contribution in [0.15, 0.2) is 30.5 Å². The first-order valence-electron chi connectivity index (χ1n) is 10.9. The van der Waals surface area contributed by atoms with E-state index in [4.69, 9.17) is 9.47 Å². The number of pyridine rings is 1. The molecule has 1 N–H and O–H groups in total. The van der Waals surface area contributed by atoms with Gasteiger partial charge in [0.05, 0.1) is 12.3 Å². The second-order valence-electron chi connectivity index (χ2n) is 8.71. The topological polar surface area (TPSA) is 60.5 Å². The number of benzene rings is 1. The minimum absolute atomic E-state index is 0.0431. The Kier molecular flexibility index (Phi) is 7.12. The van der Waals surface area contributed by atoms with E-state index < -0.39 is 5.60 Å². The second kappa shape index (κ2) is 9.57. The van der Waals surface area contributed by atoms with Crippen molar-refractivity contribution in [3.05, 3.63) is 30.5 Å². The number of nitrogens with one attached hydrogen (secondary N) is 1. The lowest BCUT2D eigenvalue weighted by molar-refractivity contribution is -0.148. The van der Waals surface area contributed by atoms with Gasteiger partial charge in [0, 0.05) is 18.2 Å². The molecule has 0 radical (unpaired) electrons. The Hall–Kier alpha value is -2.14. The van der Waals surface area contributed by atoms with Gasteiger partial charge in [-0.15, -0.1) is 0 Å².